The third kappa shape index (κ3) is 3.97. The molecular weight excluding hydrogens is 248 g/mol. The van der Waals surface area contributed by atoms with Crippen LogP contribution in [0.1, 0.15) is 32.3 Å². The van der Waals surface area contributed by atoms with Crippen molar-refractivity contribution >= 4 is 5.69 Å². The summed E-state index contributed by atoms with van der Waals surface area (Å²) in [7, 11) is 1.78. The number of methoxy groups -OCH3 is 1. The van der Waals surface area contributed by atoms with Crippen molar-refractivity contribution < 1.29 is 4.74 Å². The van der Waals surface area contributed by atoms with Crippen LogP contribution >= 0.6 is 0 Å². The van der Waals surface area contributed by atoms with E-state index < -0.39 is 0 Å². The predicted molar refractivity (Wildman–Crippen MR) is 84.9 cm³/mol. The Labute approximate surface area is 123 Å². The first-order valence-electron chi connectivity index (χ1n) is 7.63. The number of ether oxygens (including phenoxy) is 1. The molecule has 2 rings (SSSR count). The van der Waals surface area contributed by atoms with Gasteiger partial charge in [0.25, 0.3) is 0 Å². The largest absolute Gasteiger partial charge is 0.399 e. The van der Waals surface area contributed by atoms with E-state index in [0.29, 0.717) is 11.3 Å². The van der Waals surface area contributed by atoms with Crippen molar-refractivity contribution in [2.24, 2.45) is 5.92 Å². The monoisotopic (exact) mass is 276 g/mol. The number of rotatable bonds is 8. The van der Waals surface area contributed by atoms with Crippen LogP contribution in [-0.2, 0) is 10.2 Å². The van der Waals surface area contributed by atoms with Gasteiger partial charge >= 0.3 is 0 Å². The number of nitrogen functional groups attached to an aromatic ring is 1. The van der Waals surface area contributed by atoms with E-state index in [4.69, 9.17) is 10.5 Å². The molecule has 1 aromatic rings. The highest BCUT2D eigenvalue weighted by Gasteiger charge is 2.45. The molecule has 1 saturated carbocycles. The van der Waals surface area contributed by atoms with Crippen molar-refractivity contribution in [1.82, 2.24) is 4.90 Å². The number of benzene rings is 1. The van der Waals surface area contributed by atoms with Crippen LogP contribution in [0, 0.1) is 5.92 Å². The Morgan fingerprint density at radius 2 is 1.90 bits per heavy atom. The second-order valence-corrected chi connectivity index (χ2v) is 6.52. The molecule has 3 heteroatoms. The first kappa shape index (κ1) is 15.3. The predicted octanol–water partition coefficient (Wildman–Crippen LogP) is 2.90. The van der Waals surface area contributed by atoms with Gasteiger partial charge in [-0.3, -0.25) is 4.90 Å². The van der Waals surface area contributed by atoms with Crippen molar-refractivity contribution in [3.63, 3.8) is 0 Å². The molecule has 1 fully saturated rings. The molecule has 0 unspecified atom stereocenters. The zero-order valence-corrected chi connectivity index (χ0v) is 13.1. The summed E-state index contributed by atoms with van der Waals surface area (Å²) >= 11 is 0. The highest BCUT2D eigenvalue weighted by atomic mass is 16.5. The summed E-state index contributed by atoms with van der Waals surface area (Å²) in [5.41, 5.74) is 8.45. The van der Waals surface area contributed by atoms with Crippen LogP contribution in [0.5, 0.6) is 0 Å². The van der Waals surface area contributed by atoms with Gasteiger partial charge in [-0.2, -0.15) is 0 Å². The molecule has 0 radical (unpaired) electrons. The van der Waals surface area contributed by atoms with Gasteiger partial charge in [-0.25, -0.2) is 0 Å². The SMILES string of the molecule is COCCN(CC(C)C)CC1(c2ccc(N)cc2)CC1. The van der Waals surface area contributed by atoms with Crippen molar-refractivity contribution in [1.29, 1.82) is 0 Å². The molecular formula is C17H28N2O. The van der Waals surface area contributed by atoms with Crippen molar-refractivity contribution in [3.8, 4) is 0 Å². The fraction of sp³-hybridized carbons (Fsp3) is 0.647. The third-order valence-electron chi connectivity index (χ3n) is 4.14. The molecule has 20 heavy (non-hydrogen) atoms. The van der Waals surface area contributed by atoms with Gasteiger partial charge in [-0.15, -0.1) is 0 Å². The first-order valence-corrected chi connectivity index (χ1v) is 7.63. The van der Waals surface area contributed by atoms with E-state index in [2.05, 4.69) is 30.9 Å². The number of hydrogen-bond donors (Lipinski definition) is 1. The molecule has 0 bridgehead atoms. The van der Waals surface area contributed by atoms with Gasteiger partial charge in [0.1, 0.15) is 0 Å². The lowest BCUT2D eigenvalue weighted by molar-refractivity contribution is 0.133. The minimum atomic E-state index is 0.357. The van der Waals surface area contributed by atoms with Gasteiger partial charge < -0.3 is 10.5 Å². The lowest BCUT2D eigenvalue weighted by Gasteiger charge is -2.29. The Hall–Kier alpha value is -1.06. The van der Waals surface area contributed by atoms with Crippen LogP contribution in [0.15, 0.2) is 24.3 Å². The second-order valence-electron chi connectivity index (χ2n) is 6.52. The third-order valence-corrected chi connectivity index (χ3v) is 4.14. The standard InChI is InChI=1S/C17H28N2O/c1-14(2)12-19(10-11-20-3)13-17(8-9-17)15-4-6-16(18)7-5-15/h4-7,14H,8-13,18H2,1-3H3. The molecule has 0 saturated heterocycles. The van der Waals surface area contributed by atoms with Crippen LogP contribution in [0.4, 0.5) is 5.69 Å². The van der Waals surface area contributed by atoms with Crippen LogP contribution in [0.25, 0.3) is 0 Å². The Balaban J connectivity index is 2.02. The molecule has 1 aliphatic carbocycles. The Bertz CT molecular complexity index is 410. The van der Waals surface area contributed by atoms with Gasteiger partial charge in [-0.1, -0.05) is 26.0 Å². The lowest BCUT2D eigenvalue weighted by atomic mass is 9.94. The topological polar surface area (TPSA) is 38.5 Å². The fourth-order valence-corrected chi connectivity index (χ4v) is 2.93. The number of nitrogens with zero attached hydrogens (tertiary/aromatic N) is 1. The van der Waals surface area contributed by atoms with E-state index in [0.717, 1.165) is 31.9 Å². The molecule has 0 amide bonds. The molecule has 0 aromatic heterocycles. The number of nitrogens with two attached hydrogens (primary N) is 1. The highest BCUT2D eigenvalue weighted by molar-refractivity contribution is 5.43. The summed E-state index contributed by atoms with van der Waals surface area (Å²) in [6.07, 6.45) is 2.58. The van der Waals surface area contributed by atoms with Gasteiger partial charge in [0.15, 0.2) is 0 Å². The number of anilines is 1. The summed E-state index contributed by atoms with van der Waals surface area (Å²) in [6.45, 7) is 8.67. The van der Waals surface area contributed by atoms with Crippen molar-refractivity contribution in [2.45, 2.75) is 32.1 Å². The Kier molecular flexibility index (Phi) is 5.06. The van der Waals surface area contributed by atoms with Gasteiger partial charge in [-0.05, 0) is 36.5 Å². The van der Waals surface area contributed by atoms with Crippen molar-refractivity contribution in [2.75, 3.05) is 39.1 Å². The zero-order valence-electron chi connectivity index (χ0n) is 13.1. The summed E-state index contributed by atoms with van der Waals surface area (Å²) in [5.74, 6) is 0.689. The summed E-state index contributed by atoms with van der Waals surface area (Å²) in [5, 5.41) is 0. The van der Waals surface area contributed by atoms with E-state index in [-0.39, 0.29) is 0 Å². The van der Waals surface area contributed by atoms with E-state index in [9.17, 15) is 0 Å². The lowest BCUT2D eigenvalue weighted by Crippen LogP contribution is -2.37. The quantitative estimate of drug-likeness (QED) is 0.742. The molecule has 0 spiro atoms. The normalized spacial score (nSPS) is 16.9. The minimum absolute atomic E-state index is 0.357. The van der Waals surface area contributed by atoms with Gasteiger partial charge in [0.2, 0.25) is 0 Å². The summed E-state index contributed by atoms with van der Waals surface area (Å²) in [6, 6.07) is 8.45. The molecule has 1 aromatic carbocycles. The van der Waals surface area contributed by atoms with E-state index in [1.54, 1.807) is 7.11 Å². The molecule has 0 heterocycles. The first-order chi connectivity index (χ1) is 9.55. The van der Waals surface area contributed by atoms with E-state index in [1.807, 2.05) is 12.1 Å². The van der Waals surface area contributed by atoms with E-state index in [1.165, 1.54) is 18.4 Å². The maximum atomic E-state index is 5.80. The summed E-state index contributed by atoms with van der Waals surface area (Å²) in [4.78, 5) is 2.55. The molecule has 0 atom stereocenters. The fourth-order valence-electron chi connectivity index (χ4n) is 2.93. The van der Waals surface area contributed by atoms with Crippen molar-refractivity contribution in [3.05, 3.63) is 29.8 Å². The molecule has 2 N–H and O–H groups in total. The Morgan fingerprint density at radius 3 is 2.40 bits per heavy atom. The zero-order chi connectivity index (χ0) is 14.6. The van der Waals surface area contributed by atoms with Gasteiger partial charge in [0.05, 0.1) is 6.61 Å². The van der Waals surface area contributed by atoms with Crippen LogP contribution in [-0.4, -0.2) is 38.3 Å². The number of hydrogen-bond acceptors (Lipinski definition) is 3. The highest BCUT2D eigenvalue weighted by Crippen LogP contribution is 2.48. The van der Waals surface area contributed by atoms with Crippen LogP contribution in [0.3, 0.4) is 0 Å². The molecule has 3 nitrogen and oxygen atoms in total. The molecule has 112 valence electrons. The van der Waals surface area contributed by atoms with Crippen LogP contribution < -0.4 is 5.73 Å². The smallest absolute Gasteiger partial charge is 0.0589 e. The molecule has 0 aliphatic heterocycles. The minimum Gasteiger partial charge on any atom is -0.399 e. The maximum Gasteiger partial charge on any atom is 0.0589 e. The van der Waals surface area contributed by atoms with Crippen LogP contribution in [0.2, 0.25) is 0 Å². The average molecular weight is 276 g/mol. The average Bonchev–Trinajstić information content (AvgIpc) is 3.17. The maximum absolute atomic E-state index is 5.80. The van der Waals surface area contributed by atoms with Gasteiger partial charge in [0, 0.05) is 37.8 Å². The second kappa shape index (κ2) is 6.59. The Morgan fingerprint density at radius 1 is 1.25 bits per heavy atom. The molecule has 1 aliphatic rings. The van der Waals surface area contributed by atoms with E-state index >= 15 is 0 Å². The summed E-state index contributed by atoms with van der Waals surface area (Å²) < 4.78 is 5.25.